The lowest BCUT2D eigenvalue weighted by Crippen LogP contribution is -2.28. The monoisotopic (exact) mass is 434 g/mol. The summed E-state index contributed by atoms with van der Waals surface area (Å²) in [5, 5.41) is 11.6. The van der Waals surface area contributed by atoms with Gasteiger partial charge in [-0.3, -0.25) is 9.48 Å². The predicted octanol–water partition coefficient (Wildman–Crippen LogP) is 4.35. The number of hydrogen-bond donors (Lipinski definition) is 2. The maximum absolute atomic E-state index is 12.9. The minimum atomic E-state index is -0.0653. The van der Waals surface area contributed by atoms with Gasteiger partial charge in [-0.2, -0.15) is 16.9 Å². The number of anilines is 1. The molecule has 2 aliphatic rings. The van der Waals surface area contributed by atoms with Gasteiger partial charge in [-0.05, 0) is 36.1 Å². The third-order valence-corrected chi connectivity index (χ3v) is 7.38. The fourth-order valence-electron chi connectivity index (χ4n) is 4.36. The van der Waals surface area contributed by atoms with Crippen LogP contribution < -0.4 is 10.6 Å². The van der Waals surface area contributed by atoms with Gasteiger partial charge in [-0.1, -0.05) is 31.4 Å². The van der Waals surface area contributed by atoms with Gasteiger partial charge in [0, 0.05) is 48.9 Å². The smallest absolute Gasteiger partial charge is 0.229 e. The molecule has 7 heteroatoms. The largest absolute Gasteiger partial charge is 0.326 e. The second-order valence-corrected chi connectivity index (χ2v) is 9.37. The van der Waals surface area contributed by atoms with Crippen molar-refractivity contribution < 1.29 is 4.79 Å². The summed E-state index contributed by atoms with van der Waals surface area (Å²) >= 11 is 2.07. The number of rotatable bonds is 6. The van der Waals surface area contributed by atoms with Crippen molar-refractivity contribution >= 4 is 35.8 Å². The molecule has 5 nitrogen and oxygen atoms in total. The number of amides is 1. The number of nitrogens with one attached hydrogen (secondary N) is 2. The lowest BCUT2D eigenvalue weighted by molar-refractivity contribution is -0.119. The molecule has 0 radical (unpaired) electrons. The first-order valence-corrected chi connectivity index (χ1v) is 11.4. The van der Waals surface area contributed by atoms with E-state index in [-0.39, 0.29) is 30.2 Å². The van der Waals surface area contributed by atoms with E-state index >= 15 is 0 Å². The van der Waals surface area contributed by atoms with E-state index in [1.165, 1.54) is 37.7 Å². The molecule has 1 saturated heterocycles. The lowest BCUT2D eigenvalue weighted by Gasteiger charge is -2.21. The van der Waals surface area contributed by atoms with Crippen molar-refractivity contribution in [3.63, 3.8) is 0 Å². The predicted molar refractivity (Wildman–Crippen MR) is 123 cm³/mol. The fraction of sp³-hybridized carbons (Fsp3) is 0.545. The van der Waals surface area contributed by atoms with Crippen molar-refractivity contribution in [1.82, 2.24) is 15.1 Å². The second-order valence-electron chi connectivity index (χ2n) is 8.08. The number of benzene rings is 1. The molecule has 1 aromatic carbocycles. The number of nitrogens with zero attached hydrogens (tertiary/aromatic N) is 2. The number of aryl methyl sites for hydroxylation is 1. The van der Waals surface area contributed by atoms with Gasteiger partial charge in [0.25, 0.3) is 0 Å². The SMILES string of the molecule is Cl.Cn1cc([C@H]2CNC[C@@H]2C(=O)Nc2cccc(CSC3CCCCC3)c2)cn1. The average Bonchev–Trinajstić information content (AvgIpc) is 3.36. The third-order valence-electron chi connectivity index (χ3n) is 5.94. The molecule has 0 unspecified atom stereocenters. The Bertz CT molecular complexity index is 806. The van der Waals surface area contributed by atoms with Crippen molar-refractivity contribution in [3.8, 4) is 0 Å². The maximum atomic E-state index is 12.9. The number of carbonyl (C=O) groups is 1. The van der Waals surface area contributed by atoms with Crippen molar-refractivity contribution in [1.29, 1.82) is 0 Å². The summed E-state index contributed by atoms with van der Waals surface area (Å²) in [7, 11) is 1.91. The van der Waals surface area contributed by atoms with Gasteiger partial charge in [-0.25, -0.2) is 0 Å². The highest BCUT2D eigenvalue weighted by molar-refractivity contribution is 7.99. The average molecular weight is 435 g/mol. The van der Waals surface area contributed by atoms with Gasteiger partial charge in [0.2, 0.25) is 5.91 Å². The van der Waals surface area contributed by atoms with Gasteiger partial charge >= 0.3 is 0 Å². The van der Waals surface area contributed by atoms with Crippen LogP contribution in [-0.4, -0.2) is 34.0 Å². The van der Waals surface area contributed by atoms with E-state index < -0.39 is 0 Å². The first-order chi connectivity index (χ1) is 13.7. The van der Waals surface area contributed by atoms with E-state index in [4.69, 9.17) is 0 Å². The van der Waals surface area contributed by atoms with Crippen molar-refractivity contribution in [2.45, 2.75) is 49.0 Å². The molecule has 1 amide bonds. The molecule has 1 aliphatic heterocycles. The Hall–Kier alpha value is -1.50. The summed E-state index contributed by atoms with van der Waals surface area (Å²) in [5.74, 6) is 1.23. The van der Waals surface area contributed by atoms with Crippen LogP contribution in [0, 0.1) is 5.92 Å². The molecule has 0 spiro atoms. The van der Waals surface area contributed by atoms with E-state index in [0.717, 1.165) is 28.8 Å². The minimum absolute atomic E-state index is 0. The highest BCUT2D eigenvalue weighted by atomic mass is 35.5. The van der Waals surface area contributed by atoms with Gasteiger partial charge in [0.1, 0.15) is 0 Å². The Morgan fingerprint density at radius 2 is 2.10 bits per heavy atom. The summed E-state index contributed by atoms with van der Waals surface area (Å²) in [6, 6.07) is 8.35. The van der Waals surface area contributed by atoms with Crippen LogP contribution in [-0.2, 0) is 17.6 Å². The zero-order valence-electron chi connectivity index (χ0n) is 17.0. The van der Waals surface area contributed by atoms with Crippen LogP contribution in [0.2, 0.25) is 0 Å². The molecule has 1 aliphatic carbocycles. The molecule has 2 heterocycles. The van der Waals surface area contributed by atoms with E-state index in [1.54, 1.807) is 4.68 Å². The van der Waals surface area contributed by atoms with E-state index in [1.807, 2.05) is 25.5 Å². The highest BCUT2D eigenvalue weighted by Crippen LogP contribution is 2.32. The summed E-state index contributed by atoms with van der Waals surface area (Å²) in [5.41, 5.74) is 3.33. The zero-order valence-corrected chi connectivity index (χ0v) is 18.6. The standard InChI is InChI=1S/C22H30N4OS.ClH/c1-26-14-17(11-24-26)20-12-23-13-21(20)22(27)25-18-7-5-6-16(10-18)15-28-19-8-3-2-4-9-19;/h5-7,10-11,14,19-21,23H,2-4,8-9,12-13,15H2,1H3,(H,25,27);1H/t20-,21+;/m1./s1. The Balaban J connectivity index is 0.00000240. The molecule has 2 atom stereocenters. The van der Waals surface area contributed by atoms with Crippen molar-refractivity contribution in [3.05, 3.63) is 47.8 Å². The van der Waals surface area contributed by atoms with Crippen molar-refractivity contribution in [2.75, 3.05) is 18.4 Å². The molecular weight excluding hydrogens is 404 g/mol. The second kappa shape index (κ2) is 10.5. The molecule has 4 rings (SSSR count). The highest BCUT2D eigenvalue weighted by Gasteiger charge is 2.34. The van der Waals surface area contributed by atoms with Gasteiger partial charge in [0.05, 0.1) is 12.1 Å². The molecule has 2 N–H and O–H groups in total. The molecule has 158 valence electrons. The Morgan fingerprint density at radius 1 is 1.28 bits per heavy atom. The number of thioether (sulfide) groups is 1. The molecule has 29 heavy (non-hydrogen) atoms. The van der Waals surface area contributed by atoms with E-state index in [2.05, 4.69) is 45.7 Å². The minimum Gasteiger partial charge on any atom is -0.326 e. The molecular formula is C22H31ClN4OS. The Kier molecular flexibility index (Phi) is 8.04. The summed E-state index contributed by atoms with van der Waals surface area (Å²) < 4.78 is 1.80. The number of carbonyl (C=O) groups excluding carboxylic acids is 1. The number of aromatic nitrogens is 2. The normalized spacial score (nSPS) is 22.2. The van der Waals surface area contributed by atoms with Crippen LogP contribution in [0.15, 0.2) is 36.7 Å². The van der Waals surface area contributed by atoms with Crippen LogP contribution in [0.5, 0.6) is 0 Å². The Labute approximate surface area is 183 Å². The van der Waals surface area contributed by atoms with Crippen LogP contribution in [0.25, 0.3) is 0 Å². The third kappa shape index (κ3) is 5.77. The Morgan fingerprint density at radius 3 is 2.86 bits per heavy atom. The first-order valence-electron chi connectivity index (χ1n) is 10.4. The summed E-state index contributed by atoms with van der Waals surface area (Å²) in [4.78, 5) is 12.9. The zero-order chi connectivity index (χ0) is 19.3. The van der Waals surface area contributed by atoms with Crippen LogP contribution in [0.1, 0.15) is 49.1 Å². The molecule has 2 fully saturated rings. The van der Waals surface area contributed by atoms with Crippen LogP contribution in [0.3, 0.4) is 0 Å². The number of hydrogen-bond acceptors (Lipinski definition) is 4. The molecule has 2 aromatic rings. The van der Waals surface area contributed by atoms with Crippen molar-refractivity contribution in [2.24, 2.45) is 13.0 Å². The summed E-state index contributed by atoms with van der Waals surface area (Å²) in [6.45, 7) is 1.53. The fourth-order valence-corrected chi connectivity index (χ4v) is 5.63. The maximum Gasteiger partial charge on any atom is 0.229 e. The van der Waals surface area contributed by atoms with Crippen LogP contribution >= 0.6 is 24.2 Å². The van der Waals surface area contributed by atoms with Gasteiger partial charge in [-0.15, -0.1) is 12.4 Å². The molecule has 1 aromatic heterocycles. The number of halogens is 1. The lowest BCUT2D eigenvalue weighted by atomic mass is 9.90. The van der Waals surface area contributed by atoms with E-state index in [9.17, 15) is 4.79 Å². The molecule has 0 bridgehead atoms. The van der Waals surface area contributed by atoms with Crippen LogP contribution in [0.4, 0.5) is 5.69 Å². The van der Waals surface area contributed by atoms with Gasteiger partial charge < -0.3 is 10.6 Å². The first kappa shape index (κ1) is 22.2. The quantitative estimate of drug-likeness (QED) is 0.709. The van der Waals surface area contributed by atoms with E-state index in [0.29, 0.717) is 6.54 Å². The van der Waals surface area contributed by atoms with Gasteiger partial charge in [0.15, 0.2) is 0 Å². The topological polar surface area (TPSA) is 59.0 Å². The summed E-state index contributed by atoms with van der Waals surface area (Å²) in [6.07, 6.45) is 10.7. The molecule has 1 saturated carbocycles.